The second kappa shape index (κ2) is 5.51. The minimum absolute atomic E-state index is 0.0847. The van der Waals surface area contributed by atoms with Gasteiger partial charge in [-0.3, -0.25) is 14.9 Å². The van der Waals surface area contributed by atoms with Gasteiger partial charge < -0.3 is 10.5 Å². The molecule has 0 heterocycles. The Morgan fingerprint density at radius 3 is 2.88 bits per heavy atom. The number of non-ortho nitro benzene ring substituents is 1. The van der Waals surface area contributed by atoms with Crippen molar-refractivity contribution in [1.82, 2.24) is 0 Å². The number of hydrogen-bond acceptors (Lipinski definition) is 5. The van der Waals surface area contributed by atoms with Crippen LogP contribution in [0.5, 0.6) is 0 Å². The first-order valence-corrected chi connectivity index (χ1v) is 4.64. The zero-order chi connectivity index (χ0) is 12.8. The lowest BCUT2D eigenvalue weighted by Gasteiger charge is -1.97. The van der Waals surface area contributed by atoms with Crippen LogP contribution in [0.1, 0.15) is 12.0 Å². The molecule has 6 heteroatoms. The van der Waals surface area contributed by atoms with Gasteiger partial charge in [-0.2, -0.15) is 0 Å². The number of nitrogens with zero attached hydrogens (tertiary/aromatic N) is 1. The lowest BCUT2D eigenvalue weighted by molar-refractivity contribution is -0.384. The van der Waals surface area contributed by atoms with Gasteiger partial charge in [0.25, 0.3) is 5.69 Å². The number of nitro groups is 1. The molecule has 88 valence electrons. The summed E-state index contributed by atoms with van der Waals surface area (Å²) in [6.45, 7) is 0. The highest BCUT2D eigenvalue weighted by molar-refractivity contribution is 5.72. The molecule has 1 aromatic carbocycles. The molecular weight excluding hydrogens is 224 g/mol. The monoisotopic (exact) mass is 234 g/mol. The summed E-state index contributed by atoms with van der Waals surface area (Å²) in [5, 5.41) is 10.5. The molecule has 0 atom stereocenters. The van der Waals surface area contributed by atoms with Gasteiger partial charge in [0.1, 0.15) is 6.42 Å². The highest BCUT2D eigenvalue weighted by Gasteiger charge is 2.07. The fourth-order valence-corrected chi connectivity index (χ4v) is 1.05. The van der Waals surface area contributed by atoms with Gasteiger partial charge in [-0.1, -0.05) is 11.8 Å². The number of nitro benzene ring substituents is 1. The molecule has 0 spiro atoms. The standard InChI is InChI=1S/C11H10N2O4/c1-17-11(14)4-2-3-8-7-9(13(15)16)5-6-10(8)12/h5-7H,4,12H2,1H3. The molecule has 0 aliphatic heterocycles. The first kappa shape index (κ1) is 12.5. The minimum atomic E-state index is -0.537. The number of nitrogens with two attached hydrogens (primary N) is 1. The topological polar surface area (TPSA) is 95.5 Å². The van der Waals surface area contributed by atoms with Crippen LogP contribution in [-0.2, 0) is 9.53 Å². The van der Waals surface area contributed by atoms with Crippen LogP contribution in [0.25, 0.3) is 0 Å². The van der Waals surface area contributed by atoms with Crippen molar-refractivity contribution in [2.24, 2.45) is 0 Å². The zero-order valence-corrected chi connectivity index (χ0v) is 9.10. The van der Waals surface area contributed by atoms with Crippen molar-refractivity contribution in [3.63, 3.8) is 0 Å². The van der Waals surface area contributed by atoms with Crippen molar-refractivity contribution in [3.8, 4) is 11.8 Å². The maximum atomic E-state index is 10.8. The molecule has 0 amide bonds. The first-order valence-electron chi connectivity index (χ1n) is 4.64. The van der Waals surface area contributed by atoms with E-state index in [1.165, 1.54) is 25.3 Å². The van der Waals surface area contributed by atoms with Gasteiger partial charge in [0.2, 0.25) is 0 Å². The molecule has 0 saturated carbocycles. The lowest BCUT2D eigenvalue weighted by atomic mass is 10.1. The molecule has 0 saturated heterocycles. The van der Waals surface area contributed by atoms with Crippen LogP contribution in [0, 0.1) is 22.0 Å². The summed E-state index contributed by atoms with van der Waals surface area (Å²) >= 11 is 0. The van der Waals surface area contributed by atoms with E-state index in [-0.39, 0.29) is 12.1 Å². The summed E-state index contributed by atoms with van der Waals surface area (Å²) in [6, 6.07) is 3.96. The average molecular weight is 234 g/mol. The molecule has 6 nitrogen and oxygen atoms in total. The number of anilines is 1. The Morgan fingerprint density at radius 2 is 2.29 bits per heavy atom. The van der Waals surface area contributed by atoms with Crippen molar-refractivity contribution in [3.05, 3.63) is 33.9 Å². The van der Waals surface area contributed by atoms with Gasteiger partial charge in [-0.25, -0.2) is 0 Å². The summed E-state index contributed by atoms with van der Waals surface area (Å²) in [6.07, 6.45) is -0.0847. The van der Waals surface area contributed by atoms with E-state index in [0.29, 0.717) is 11.3 Å². The van der Waals surface area contributed by atoms with E-state index in [2.05, 4.69) is 16.6 Å². The predicted molar refractivity (Wildman–Crippen MR) is 61.0 cm³/mol. The van der Waals surface area contributed by atoms with E-state index in [9.17, 15) is 14.9 Å². The predicted octanol–water partition coefficient (Wildman–Crippen LogP) is 1.09. The van der Waals surface area contributed by atoms with E-state index >= 15 is 0 Å². The second-order valence-corrected chi connectivity index (χ2v) is 3.08. The molecule has 0 aliphatic carbocycles. The average Bonchev–Trinajstić information content (AvgIpc) is 2.30. The van der Waals surface area contributed by atoms with E-state index in [0.717, 1.165) is 0 Å². The third-order valence-electron chi connectivity index (χ3n) is 1.93. The number of hydrogen-bond donors (Lipinski definition) is 1. The summed E-state index contributed by atoms with van der Waals surface area (Å²) in [5.41, 5.74) is 6.15. The van der Waals surface area contributed by atoms with Gasteiger partial charge in [0, 0.05) is 17.8 Å². The van der Waals surface area contributed by atoms with E-state index < -0.39 is 10.9 Å². The smallest absolute Gasteiger partial charge is 0.317 e. The molecule has 0 unspecified atom stereocenters. The highest BCUT2D eigenvalue weighted by Crippen LogP contribution is 2.18. The van der Waals surface area contributed by atoms with E-state index in [1.54, 1.807) is 0 Å². The van der Waals surface area contributed by atoms with Crippen molar-refractivity contribution in [2.45, 2.75) is 6.42 Å². The number of benzene rings is 1. The van der Waals surface area contributed by atoms with Crippen LogP contribution in [0.3, 0.4) is 0 Å². The van der Waals surface area contributed by atoms with Gasteiger partial charge in [-0.15, -0.1) is 0 Å². The van der Waals surface area contributed by atoms with E-state index in [1.807, 2.05) is 0 Å². The molecule has 0 aliphatic rings. The molecule has 0 aromatic heterocycles. The largest absolute Gasteiger partial charge is 0.468 e. The van der Waals surface area contributed by atoms with Crippen LogP contribution in [0.4, 0.5) is 11.4 Å². The number of ether oxygens (including phenoxy) is 1. The van der Waals surface area contributed by atoms with Gasteiger partial charge >= 0.3 is 5.97 Å². The Bertz CT molecular complexity index is 514. The van der Waals surface area contributed by atoms with Crippen molar-refractivity contribution >= 4 is 17.3 Å². The molecular formula is C11H10N2O4. The molecule has 1 rings (SSSR count). The fourth-order valence-electron chi connectivity index (χ4n) is 1.05. The van der Waals surface area contributed by atoms with Gasteiger partial charge in [0.05, 0.1) is 17.6 Å². The van der Waals surface area contributed by atoms with Gasteiger partial charge in [0.15, 0.2) is 0 Å². The minimum Gasteiger partial charge on any atom is -0.468 e. The summed E-state index contributed by atoms with van der Waals surface area (Å²) in [4.78, 5) is 20.8. The first-order chi connectivity index (χ1) is 8.04. The van der Waals surface area contributed by atoms with Crippen LogP contribution in [0.15, 0.2) is 18.2 Å². The summed E-state index contributed by atoms with van der Waals surface area (Å²) < 4.78 is 4.40. The number of rotatable bonds is 2. The normalized spacial score (nSPS) is 9.00. The zero-order valence-electron chi connectivity index (χ0n) is 9.10. The van der Waals surface area contributed by atoms with Gasteiger partial charge in [-0.05, 0) is 6.07 Å². The highest BCUT2D eigenvalue weighted by atomic mass is 16.6. The molecule has 17 heavy (non-hydrogen) atoms. The number of carbonyl (C=O) groups is 1. The quantitative estimate of drug-likeness (QED) is 0.272. The Kier molecular flexibility index (Phi) is 4.06. The maximum absolute atomic E-state index is 10.8. The number of carbonyl (C=O) groups excluding carboxylic acids is 1. The van der Waals surface area contributed by atoms with Crippen LogP contribution >= 0.6 is 0 Å². The summed E-state index contributed by atoms with van der Waals surface area (Å²) in [7, 11) is 1.26. The lowest BCUT2D eigenvalue weighted by Crippen LogP contribution is -1.97. The Hall–Kier alpha value is -2.55. The molecule has 1 aromatic rings. The number of nitrogen functional groups attached to an aromatic ring is 1. The molecule has 0 bridgehead atoms. The Balaban J connectivity index is 2.93. The molecule has 0 fully saturated rings. The molecule has 2 N–H and O–H groups in total. The van der Waals surface area contributed by atoms with Crippen LogP contribution in [0.2, 0.25) is 0 Å². The number of methoxy groups -OCH3 is 1. The SMILES string of the molecule is COC(=O)CC#Cc1cc([N+](=O)[O-])ccc1N. The van der Waals surface area contributed by atoms with Crippen LogP contribution < -0.4 is 5.73 Å². The Morgan fingerprint density at radius 1 is 1.59 bits per heavy atom. The fraction of sp³-hybridized carbons (Fsp3) is 0.182. The second-order valence-electron chi connectivity index (χ2n) is 3.08. The summed E-state index contributed by atoms with van der Waals surface area (Å²) in [5.74, 6) is 4.65. The third-order valence-corrected chi connectivity index (χ3v) is 1.93. The van der Waals surface area contributed by atoms with Crippen molar-refractivity contribution in [1.29, 1.82) is 0 Å². The third kappa shape index (κ3) is 3.50. The van der Waals surface area contributed by atoms with Crippen molar-refractivity contribution in [2.75, 3.05) is 12.8 Å². The maximum Gasteiger partial charge on any atom is 0.317 e. The molecule has 0 radical (unpaired) electrons. The van der Waals surface area contributed by atoms with E-state index in [4.69, 9.17) is 5.73 Å². The van der Waals surface area contributed by atoms with Crippen LogP contribution in [-0.4, -0.2) is 18.0 Å². The van der Waals surface area contributed by atoms with Crippen molar-refractivity contribution < 1.29 is 14.5 Å². The Labute approximate surface area is 97.5 Å². The number of esters is 1.